The van der Waals surface area contributed by atoms with E-state index in [1.807, 2.05) is 30.3 Å². The fourth-order valence-electron chi connectivity index (χ4n) is 3.49. The fourth-order valence-corrected chi connectivity index (χ4v) is 3.49. The maximum atomic E-state index is 12.7. The number of ether oxygens (including phenoxy) is 2. The molecule has 1 saturated heterocycles. The number of rotatable bonds is 6. The van der Waals surface area contributed by atoms with Crippen LogP contribution in [0.4, 0.5) is 5.69 Å². The zero-order valence-electron chi connectivity index (χ0n) is 16.7. The Morgan fingerprint density at radius 3 is 2.60 bits per heavy atom. The monoisotopic (exact) mass is 409 g/mol. The number of nitrogens with zero attached hydrogens (tertiary/aromatic N) is 3. The number of morpholine rings is 1. The van der Waals surface area contributed by atoms with E-state index in [-0.39, 0.29) is 17.9 Å². The molecule has 2 aromatic heterocycles. The van der Waals surface area contributed by atoms with Gasteiger partial charge in [0.1, 0.15) is 11.4 Å². The highest BCUT2D eigenvalue weighted by molar-refractivity contribution is 5.97. The summed E-state index contributed by atoms with van der Waals surface area (Å²) in [6.07, 6.45) is 2.25. The first-order valence-electron chi connectivity index (χ1n) is 9.81. The summed E-state index contributed by atoms with van der Waals surface area (Å²) >= 11 is 0. The first-order chi connectivity index (χ1) is 14.6. The minimum Gasteiger partial charge on any atom is -0.501 e. The van der Waals surface area contributed by atoms with Crippen molar-refractivity contribution < 1.29 is 19.4 Å². The molecule has 156 valence electrons. The summed E-state index contributed by atoms with van der Waals surface area (Å²) in [5, 5.41) is 10.4. The number of carbonyl (C=O) groups excluding carboxylic acids is 1. The molecule has 0 atom stereocenters. The van der Waals surface area contributed by atoms with Crippen molar-refractivity contribution in [3.8, 4) is 11.5 Å². The minimum atomic E-state index is -0.650. The number of fused-ring (bicyclic) bond motifs is 1. The van der Waals surface area contributed by atoms with Gasteiger partial charge in [-0.05, 0) is 36.2 Å². The molecule has 30 heavy (non-hydrogen) atoms. The molecule has 3 aromatic rings. The van der Waals surface area contributed by atoms with Gasteiger partial charge in [-0.3, -0.25) is 14.0 Å². The topological polar surface area (TPSA) is 93.4 Å². The third-order valence-electron chi connectivity index (χ3n) is 5.22. The summed E-state index contributed by atoms with van der Waals surface area (Å²) < 4.78 is 11.8. The van der Waals surface area contributed by atoms with E-state index in [0.29, 0.717) is 25.3 Å². The van der Waals surface area contributed by atoms with Crippen molar-refractivity contribution in [2.24, 2.45) is 0 Å². The maximum absolute atomic E-state index is 12.7. The first kappa shape index (κ1) is 19.9. The molecule has 4 rings (SSSR count). The van der Waals surface area contributed by atoms with Gasteiger partial charge in [0.15, 0.2) is 11.5 Å². The molecule has 0 radical (unpaired) electrons. The highest BCUT2D eigenvalue weighted by Crippen LogP contribution is 2.20. The number of Topliss-reactive ketones (excluding diaryl/α,β-unsaturated/α-hetero) is 1. The number of ketones is 1. The van der Waals surface area contributed by atoms with Crippen LogP contribution in [-0.4, -0.2) is 53.7 Å². The second kappa shape index (κ2) is 8.54. The van der Waals surface area contributed by atoms with Crippen LogP contribution in [0.2, 0.25) is 0 Å². The summed E-state index contributed by atoms with van der Waals surface area (Å²) in [5.74, 6) is -0.255. The maximum Gasteiger partial charge on any atom is 0.300 e. The van der Waals surface area contributed by atoms with Crippen LogP contribution in [0.15, 0.2) is 47.4 Å². The molecule has 1 aliphatic rings. The van der Waals surface area contributed by atoms with Crippen LogP contribution < -0.4 is 15.2 Å². The highest BCUT2D eigenvalue weighted by Gasteiger charge is 2.19. The second-order valence-corrected chi connectivity index (χ2v) is 7.10. The van der Waals surface area contributed by atoms with Crippen LogP contribution in [0.1, 0.15) is 22.5 Å². The summed E-state index contributed by atoms with van der Waals surface area (Å²) in [7, 11) is 1.59. The molecule has 0 bridgehead atoms. The third kappa shape index (κ3) is 3.99. The minimum absolute atomic E-state index is 0.133. The predicted octanol–water partition coefficient (Wildman–Crippen LogP) is 2.06. The lowest BCUT2D eigenvalue weighted by molar-refractivity contribution is 0.0975. The zero-order chi connectivity index (χ0) is 21.1. The molecule has 0 saturated carbocycles. The largest absolute Gasteiger partial charge is 0.501 e. The van der Waals surface area contributed by atoms with Gasteiger partial charge in [-0.25, -0.2) is 4.98 Å². The molecule has 8 heteroatoms. The number of aryl methyl sites for hydroxylation is 1. The van der Waals surface area contributed by atoms with Gasteiger partial charge in [0.25, 0.3) is 0 Å². The number of aromatic hydroxyl groups is 1. The van der Waals surface area contributed by atoms with E-state index < -0.39 is 11.3 Å². The molecule has 1 aromatic carbocycles. The van der Waals surface area contributed by atoms with Crippen molar-refractivity contribution in [2.45, 2.75) is 12.8 Å². The molecule has 1 N–H and O–H groups in total. The van der Waals surface area contributed by atoms with Gasteiger partial charge in [-0.15, -0.1) is 0 Å². The standard InChI is InChI=1S/C22H23N3O5/c1-29-17-6-2-15(3-7-17)4-8-18(26)20-21(27)22(28)25-14-16(5-9-19(25)23-20)24-10-12-30-13-11-24/h2-3,5-7,9,14,27H,4,8,10-13H2,1H3. The Bertz CT molecular complexity index is 1120. The van der Waals surface area contributed by atoms with Gasteiger partial charge in [0, 0.05) is 25.7 Å². The third-order valence-corrected chi connectivity index (χ3v) is 5.22. The number of methoxy groups -OCH3 is 1. The Kier molecular flexibility index (Phi) is 5.67. The van der Waals surface area contributed by atoms with Gasteiger partial charge in [-0.2, -0.15) is 0 Å². The summed E-state index contributed by atoms with van der Waals surface area (Å²) in [5.41, 5.74) is 1.28. The Morgan fingerprint density at radius 1 is 1.17 bits per heavy atom. The summed E-state index contributed by atoms with van der Waals surface area (Å²) in [6.45, 7) is 2.69. The van der Waals surface area contributed by atoms with Crippen molar-refractivity contribution in [2.75, 3.05) is 38.3 Å². The van der Waals surface area contributed by atoms with Crippen LogP contribution in [0.25, 0.3) is 5.65 Å². The number of aromatic nitrogens is 2. The van der Waals surface area contributed by atoms with Crippen molar-refractivity contribution in [3.63, 3.8) is 0 Å². The van der Waals surface area contributed by atoms with E-state index in [4.69, 9.17) is 9.47 Å². The highest BCUT2D eigenvalue weighted by atomic mass is 16.5. The number of benzene rings is 1. The molecule has 0 unspecified atom stereocenters. The fraction of sp³-hybridized carbons (Fsp3) is 0.318. The molecular formula is C22H23N3O5. The van der Waals surface area contributed by atoms with E-state index in [1.165, 1.54) is 4.40 Å². The lowest BCUT2D eigenvalue weighted by atomic mass is 10.1. The van der Waals surface area contributed by atoms with Crippen LogP contribution in [-0.2, 0) is 11.2 Å². The Morgan fingerprint density at radius 2 is 1.90 bits per heavy atom. The van der Waals surface area contributed by atoms with E-state index in [2.05, 4.69) is 9.88 Å². The second-order valence-electron chi connectivity index (χ2n) is 7.10. The molecule has 0 spiro atoms. The average molecular weight is 409 g/mol. The molecule has 1 fully saturated rings. The number of anilines is 1. The van der Waals surface area contributed by atoms with Crippen LogP contribution in [0, 0.1) is 0 Å². The number of carbonyl (C=O) groups is 1. The number of pyridine rings is 1. The lowest BCUT2D eigenvalue weighted by Crippen LogP contribution is -2.36. The van der Waals surface area contributed by atoms with Gasteiger partial charge < -0.3 is 19.5 Å². The Balaban J connectivity index is 1.56. The Labute approximate surface area is 173 Å². The van der Waals surface area contributed by atoms with Gasteiger partial charge in [0.05, 0.1) is 26.0 Å². The van der Waals surface area contributed by atoms with Crippen molar-refractivity contribution >= 4 is 17.1 Å². The molecule has 1 aliphatic heterocycles. The van der Waals surface area contributed by atoms with Crippen LogP contribution in [0.3, 0.4) is 0 Å². The zero-order valence-corrected chi connectivity index (χ0v) is 16.7. The van der Waals surface area contributed by atoms with Crippen molar-refractivity contribution in [3.05, 3.63) is 64.2 Å². The molecule has 3 heterocycles. The van der Waals surface area contributed by atoms with Crippen molar-refractivity contribution in [1.82, 2.24) is 9.38 Å². The molecule has 0 aliphatic carbocycles. The normalized spacial score (nSPS) is 14.1. The van der Waals surface area contributed by atoms with Crippen molar-refractivity contribution in [1.29, 1.82) is 0 Å². The molecule has 0 amide bonds. The van der Waals surface area contributed by atoms with Gasteiger partial charge in [0.2, 0.25) is 5.75 Å². The lowest BCUT2D eigenvalue weighted by Gasteiger charge is -2.28. The van der Waals surface area contributed by atoms with Crippen LogP contribution >= 0.6 is 0 Å². The van der Waals surface area contributed by atoms with Crippen LogP contribution in [0.5, 0.6) is 11.5 Å². The summed E-state index contributed by atoms with van der Waals surface area (Å²) in [6, 6.07) is 10.9. The van der Waals surface area contributed by atoms with E-state index in [1.54, 1.807) is 19.4 Å². The van der Waals surface area contributed by atoms with E-state index >= 15 is 0 Å². The average Bonchev–Trinajstić information content (AvgIpc) is 2.80. The van der Waals surface area contributed by atoms with Gasteiger partial charge >= 0.3 is 5.56 Å². The number of hydrogen-bond donors (Lipinski definition) is 1. The summed E-state index contributed by atoms with van der Waals surface area (Å²) in [4.78, 5) is 31.7. The smallest absolute Gasteiger partial charge is 0.300 e. The van der Waals surface area contributed by atoms with E-state index in [9.17, 15) is 14.7 Å². The SMILES string of the molecule is COc1ccc(CCC(=O)c2nc3ccc(N4CCOCC4)cn3c(=O)c2O)cc1. The van der Waals surface area contributed by atoms with E-state index in [0.717, 1.165) is 30.1 Å². The molecular weight excluding hydrogens is 386 g/mol. The predicted molar refractivity (Wildman–Crippen MR) is 112 cm³/mol. The first-order valence-corrected chi connectivity index (χ1v) is 9.81. The number of hydrogen-bond acceptors (Lipinski definition) is 7. The quantitative estimate of drug-likeness (QED) is 0.623. The molecule has 8 nitrogen and oxygen atoms in total. The Hall–Kier alpha value is -3.39. The van der Waals surface area contributed by atoms with Gasteiger partial charge in [-0.1, -0.05) is 12.1 Å².